The lowest BCUT2D eigenvalue weighted by Gasteiger charge is -2.10. The maximum Gasteiger partial charge on any atom is 0.221 e. The van der Waals surface area contributed by atoms with E-state index in [1.165, 1.54) is 5.56 Å². The van der Waals surface area contributed by atoms with E-state index in [1.807, 2.05) is 32.0 Å². The SMILES string of the molecule is CCCC(C#N)NC(=O)CCc1cccc(C)c1. The second kappa shape index (κ2) is 7.50. The van der Waals surface area contributed by atoms with Gasteiger partial charge in [-0.2, -0.15) is 5.26 Å². The van der Waals surface area contributed by atoms with Crippen molar-refractivity contribution in [3.05, 3.63) is 35.4 Å². The van der Waals surface area contributed by atoms with Crippen LogP contribution in [-0.2, 0) is 11.2 Å². The molecule has 0 radical (unpaired) electrons. The summed E-state index contributed by atoms with van der Waals surface area (Å²) in [6.45, 7) is 4.04. The van der Waals surface area contributed by atoms with Gasteiger partial charge in [0.25, 0.3) is 0 Å². The molecule has 96 valence electrons. The van der Waals surface area contributed by atoms with Gasteiger partial charge in [-0.25, -0.2) is 0 Å². The maximum absolute atomic E-state index is 11.7. The van der Waals surface area contributed by atoms with Gasteiger partial charge in [-0.15, -0.1) is 0 Å². The highest BCUT2D eigenvalue weighted by Crippen LogP contribution is 2.06. The van der Waals surface area contributed by atoms with Crippen LogP contribution in [0.4, 0.5) is 0 Å². The third-order valence-corrected chi connectivity index (χ3v) is 2.79. The molecule has 0 aliphatic carbocycles. The number of nitriles is 1. The molecule has 0 aliphatic heterocycles. The van der Waals surface area contributed by atoms with Gasteiger partial charge in [0.15, 0.2) is 0 Å². The zero-order valence-electron chi connectivity index (χ0n) is 11.1. The molecule has 1 unspecified atom stereocenters. The highest BCUT2D eigenvalue weighted by atomic mass is 16.1. The largest absolute Gasteiger partial charge is 0.340 e. The monoisotopic (exact) mass is 244 g/mol. The topological polar surface area (TPSA) is 52.9 Å². The van der Waals surface area contributed by atoms with Crippen LogP contribution in [-0.4, -0.2) is 11.9 Å². The van der Waals surface area contributed by atoms with Crippen molar-refractivity contribution in [2.75, 3.05) is 0 Å². The van der Waals surface area contributed by atoms with Crippen molar-refractivity contribution < 1.29 is 4.79 Å². The van der Waals surface area contributed by atoms with Crippen molar-refractivity contribution in [2.24, 2.45) is 0 Å². The van der Waals surface area contributed by atoms with Crippen molar-refractivity contribution in [3.63, 3.8) is 0 Å². The molecule has 1 rings (SSSR count). The molecule has 0 saturated heterocycles. The summed E-state index contributed by atoms with van der Waals surface area (Å²) in [5, 5.41) is 11.6. The third-order valence-electron chi connectivity index (χ3n) is 2.79. The van der Waals surface area contributed by atoms with Gasteiger partial charge >= 0.3 is 0 Å². The number of carbonyl (C=O) groups is 1. The molecule has 1 N–H and O–H groups in total. The van der Waals surface area contributed by atoms with Crippen LogP contribution in [0.2, 0.25) is 0 Å². The first-order valence-corrected chi connectivity index (χ1v) is 6.40. The Morgan fingerprint density at radius 1 is 1.50 bits per heavy atom. The maximum atomic E-state index is 11.7. The molecule has 1 amide bonds. The zero-order valence-corrected chi connectivity index (χ0v) is 11.1. The highest BCUT2D eigenvalue weighted by molar-refractivity contribution is 5.76. The Balaban J connectivity index is 2.39. The lowest BCUT2D eigenvalue weighted by atomic mass is 10.1. The van der Waals surface area contributed by atoms with Crippen LogP contribution in [0.15, 0.2) is 24.3 Å². The third kappa shape index (κ3) is 5.01. The van der Waals surface area contributed by atoms with Crippen LogP contribution in [0, 0.1) is 18.3 Å². The smallest absolute Gasteiger partial charge is 0.221 e. The highest BCUT2D eigenvalue weighted by Gasteiger charge is 2.10. The summed E-state index contributed by atoms with van der Waals surface area (Å²) in [6.07, 6.45) is 2.77. The van der Waals surface area contributed by atoms with Gasteiger partial charge in [-0.3, -0.25) is 4.79 Å². The predicted molar refractivity (Wildman–Crippen MR) is 72.0 cm³/mol. The Hall–Kier alpha value is -1.82. The number of hydrogen-bond donors (Lipinski definition) is 1. The van der Waals surface area contributed by atoms with Crippen LogP contribution in [0.1, 0.15) is 37.3 Å². The van der Waals surface area contributed by atoms with Crippen LogP contribution in [0.25, 0.3) is 0 Å². The zero-order chi connectivity index (χ0) is 13.4. The van der Waals surface area contributed by atoms with Crippen LogP contribution >= 0.6 is 0 Å². The Labute approximate surface area is 109 Å². The number of rotatable bonds is 6. The summed E-state index contributed by atoms with van der Waals surface area (Å²) in [4.78, 5) is 11.7. The molecule has 0 saturated carbocycles. The number of hydrogen-bond acceptors (Lipinski definition) is 2. The Morgan fingerprint density at radius 2 is 2.28 bits per heavy atom. The normalized spacial score (nSPS) is 11.6. The molecule has 18 heavy (non-hydrogen) atoms. The number of aryl methyl sites for hydroxylation is 2. The molecule has 0 fully saturated rings. The molecule has 0 aliphatic rings. The van der Waals surface area contributed by atoms with Crippen molar-refractivity contribution >= 4 is 5.91 Å². The number of carbonyl (C=O) groups excluding carboxylic acids is 1. The van der Waals surface area contributed by atoms with Gasteiger partial charge in [-0.1, -0.05) is 43.2 Å². The van der Waals surface area contributed by atoms with Gasteiger partial charge in [-0.05, 0) is 25.3 Å². The Kier molecular flexibility index (Phi) is 5.93. The molecular weight excluding hydrogens is 224 g/mol. The number of amides is 1. The van der Waals surface area contributed by atoms with Gasteiger partial charge in [0.2, 0.25) is 5.91 Å². The fraction of sp³-hybridized carbons (Fsp3) is 0.467. The summed E-state index contributed by atoms with van der Waals surface area (Å²) < 4.78 is 0. The first-order valence-electron chi connectivity index (χ1n) is 6.40. The van der Waals surface area contributed by atoms with Crippen LogP contribution in [0.3, 0.4) is 0 Å². The molecule has 1 aromatic rings. The molecule has 3 heteroatoms. The van der Waals surface area contributed by atoms with Gasteiger partial charge in [0.1, 0.15) is 6.04 Å². The van der Waals surface area contributed by atoms with Crippen LogP contribution in [0.5, 0.6) is 0 Å². The summed E-state index contributed by atoms with van der Waals surface area (Å²) >= 11 is 0. The van der Waals surface area contributed by atoms with Crippen molar-refractivity contribution in [1.29, 1.82) is 5.26 Å². The molecule has 0 aromatic heterocycles. The minimum Gasteiger partial charge on any atom is -0.340 e. The molecule has 0 heterocycles. The molecule has 0 bridgehead atoms. The van der Waals surface area contributed by atoms with E-state index >= 15 is 0 Å². The molecule has 1 aromatic carbocycles. The van der Waals surface area contributed by atoms with E-state index < -0.39 is 0 Å². The van der Waals surface area contributed by atoms with E-state index in [0.717, 1.165) is 18.4 Å². The van der Waals surface area contributed by atoms with E-state index in [1.54, 1.807) is 0 Å². The quantitative estimate of drug-likeness (QED) is 0.836. The van der Waals surface area contributed by atoms with E-state index in [4.69, 9.17) is 5.26 Å². The molecule has 3 nitrogen and oxygen atoms in total. The summed E-state index contributed by atoms with van der Waals surface area (Å²) in [7, 11) is 0. The van der Waals surface area contributed by atoms with Crippen molar-refractivity contribution in [3.8, 4) is 6.07 Å². The first-order chi connectivity index (χ1) is 8.65. The summed E-state index contributed by atoms with van der Waals surface area (Å²) in [5.41, 5.74) is 2.36. The van der Waals surface area contributed by atoms with Gasteiger partial charge in [0, 0.05) is 6.42 Å². The number of nitrogens with one attached hydrogen (secondary N) is 1. The van der Waals surface area contributed by atoms with E-state index in [2.05, 4.69) is 17.5 Å². The second-order valence-electron chi connectivity index (χ2n) is 4.53. The van der Waals surface area contributed by atoms with Crippen LogP contribution < -0.4 is 5.32 Å². The lowest BCUT2D eigenvalue weighted by molar-refractivity contribution is -0.121. The van der Waals surface area contributed by atoms with E-state index in [-0.39, 0.29) is 11.9 Å². The molecule has 0 spiro atoms. The summed E-state index contributed by atoms with van der Waals surface area (Å²) in [5.74, 6) is -0.0449. The first kappa shape index (κ1) is 14.2. The van der Waals surface area contributed by atoms with E-state index in [0.29, 0.717) is 12.8 Å². The molecule has 1 atom stereocenters. The van der Waals surface area contributed by atoms with Crippen molar-refractivity contribution in [1.82, 2.24) is 5.32 Å². The Morgan fingerprint density at radius 3 is 2.89 bits per heavy atom. The van der Waals surface area contributed by atoms with E-state index in [9.17, 15) is 4.79 Å². The average Bonchev–Trinajstić information content (AvgIpc) is 2.36. The second-order valence-corrected chi connectivity index (χ2v) is 4.53. The van der Waals surface area contributed by atoms with Crippen molar-refractivity contribution in [2.45, 2.75) is 45.6 Å². The summed E-state index contributed by atoms with van der Waals surface area (Å²) in [6, 6.07) is 9.90. The average molecular weight is 244 g/mol. The standard InChI is InChI=1S/C15H20N2O/c1-3-5-14(11-16)17-15(18)9-8-13-7-4-6-12(2)10-13/h4,6-7,10,14H,3,5,8-9H2,1-2H3,(H,17,18). The molecular formula is C15H20N2O. The minimum atomic E-state index is -0.347. The van der Waals surface area contributed by atoms with Gasteiger partial charge < -0.3 is 5.32 Å². The minimum absolute atomic E-state index is 0.0449. The number of nitrogens with zero attached hydrogens (tertiary/aromatic N) is 1. The fourth-order valence-electron chi connectivity index (χ4n) is 1.85. The van der Waals surface area contributed by atoms with Gasteiger partial charge in [0.05, 0.1) is 6.07 Å². The Bertz CT molecular complexity index is 434. The predicted octanol–water partition coefficient (Wildman–Crippen LogP) is 2.74. The fourth-order valence-corrected chi connectivity index (χ4v) is 1.85. The number of benzene rings is 1. The lowest BCUT2D eigenvalue weighted by Crippen LogP contribution is -2.33.